The molecule has 25 heavy (non-hydrogen) atoms. The summed E-state index contributed by atoms with van der Waals surface area (Å²) in [5.41, 5.74) is 1.10. The summed E-state index contributed by atoms with van der Waals surface area (Å²) < 4.78 is 6.99. The summed E-state index contributed by atoms with van der Waals surface area (Å²) >= 11 is 0. The van der Waals surface area contributed by atoms with Gasteiger partial charge in [0.25, 0.3) is 0 Å². The number of alkyl carbamates (subject to hydrolysis) is 1. The fourth-order valence-electron chi connectivity index (χ4n) is 2.30. The molecule has 0 spiro atoms. The minimum Gasteiger partial charge on any atom is -0.480 e. The third kappa shape index (κ3) is 5.95. The van der Waals surface area contributed by atoms with Gasteiger partial charge in [-0.1, -0.05) is 30.3 Å². The van der Waals surface area contributed by atoms with E-state index >= 15 is 0 Å². The van der Waals surface area contributed by atoms with Gasteiger partial charge < -0.3 is 19.7 Å². The maximum absolute atomic E-state index is 11.9. The Morgan fingerprint density at radius 3 is 2.56 bits per heavy atom. The Morgan fingerprint density at radius 1 is 1.28 bits per heavy atom. The van der Waals surface area contributed by atoms with Crippen molar-refractivity contribution >= 4 is 12.1 Å². The van der Waals surface area contributed by atoms with Crippen LogP contribution in [-0.4, -0.2) is 38.4 Å². The number of hydrogen-bond acceptors (Lipinski definition) is 4. The topological polar surface area (TPSA) is 93.5 Å². The Morgan fingerprint density at radius 2 is 1.96 bits per heavy atom. The van der Waals surface area contributed by atoms with E-state index in [1.807, 2.05) is 34.9 Å². The third-order valence-corrected chi connectivity index (χ3v) is 3.40. The van der Waals surface area contributed by atoms with Gasteiger partial charge in [0.15, 0.2) is 0 Å². The van der Waals surface area contributed by atoms with E-state index < -0.39 is 23.7 Å². The zero-order chi connectivity index (χ0) is 18.4. The molecule has 7 heteroatoms. The molecule has 0 saturated heterocycles. The zero-order valence-electron chi connectivity index (χ0n) is 14.6. The Balaban J connectivity index is 2.06. The van der Waals surface area contributed by atoms with Crippen LogP contribution in [0.1, 0.15) is 32.0 Å². The van der Waals surface area contributed by atoms with Gasteiger partial charge in [-0.05, 0) is 26.3 Å². The van der Waals surface area contributed by atoms with Gasteiger partial charge in [0.05, 0.1) is 6.33 Å². The van der Waals surface area contributed by atoms with Crippen molar-refractivity contribution in [2.75, 3.05) is 0 Å². The second-order valence-corrected chi connectivity index (χ2v) is 6.74. The number of benzene rings is 1. The summed E-state index contributed by atoms with van der Waals surface area (Å²) in [5.74, 6) is -1.13. The van der Waals surface area contributed by atoms with E-state index in [0.717, 1.165) is 5.56 Å². The highest BCUT2D eigenvalue weighted by molar-refractivity contribution is 5.80. The van der Waals surface area contributed by atoms with E-state index in [2.05, 4.69) is 10.3 Å². The minimum absolute atomic E-state index is 0.113. The van der Waals surface area contributed by atoms with Gasteiger partial charge in [-0.2, -0.15) is 0 Å². The van der Waals surface area contributed by atoms with Crippen LogP contribution in [0.15, 0.2) is 42.9 Å². The highest BCUT2D eigenvalue weighted by Crippen LogP contribution is 2.10. The van der Waals surface area contributed by atoms with Crippen LogP contribution in [0.3, 0.4) is 0 Å². The number of imidazole rings is 1. The van der Waals surface area contributed by atoms with E-state index in [9.17, 15) is 14.7 Å². The second-order valence-electron chi connectivity index (χ2n) is 6.74. The normalized spacial score (nSPS) is 12.4. The molecule has 1 atom stereocenters. The molecule has 1 heterocycles. The van der Waals surface area contributed by atoms with Crippen LogP contribution in [0.2, 0.25) is 0 Å². The first-order valence-electron chi connectivity index (χ1n) is 8.00. The first kappa shape index (κ1) is 18.5. The highest BCUT2D eigenvalue weighted by Gasteiger charge is 2.25. The molecule has 2 rings (SSSR count). The van der Waals surface area contributed by atoms with E-state index in [1.54, 1.807) is 33.3 Å². The molecule has 0 saturated carbocycles. The van der Waals surface area contributed by atoms with Gasteiger partial charge in [0.2, 0.25) is 0 Å². The number of carbonyl (C=O) groups is 2. The number of aliphatic carboxylic acids is 1. The molecule has 0 aliphatic carbocycles. The fraction of sp³-hybridized carbons (Fsp3) is 0.389. The standard InChI is InChI=1S/C18H23N3O4/c1-18(2,3)25-17(24)20-15(16(22)23)9-14-10-19-12-21(14)11-13-7-5-4-6-8-13/h4-8,10,12,15H,9,11H2,1-3H3,(H,20,24)(H,22,23)/t15-/m0/s1. The van der Waals surface area contributed by atoms with Crippen LogP contribution in [0.25, 0.3) is 0 Å². The molecule has 2 N–H and O–H groups in total. The number of nitrogens with one attached hydrogen (secondary N) is 1. The molecule has 1 aromatic heterocycles. The van der Waals surface area contributed by atoms with Gasteiger partial charge >= 0.3 is 12.1 Å². The van der Waals surface area contributed by atoms with Crippen LogP contribution in [0.5, 0.6) is 0 Å². The Hall–Kier alpha value is -2.83. The third-order valence-electron chi connectivity index (χ3n) is 3.40. The Bertz CT molecular complexity index is 719. The fourth-order valence-corrected chi connectivity index (χ4v) is 2.30. The smallest absolute Gasteiger partial charge is 0.408 e. The maximum atomic E-state index is 11.9. The summed E-state index contributed by atoms with van der Waals surface area (Å²) in [7, 11) is 0. The van der Waals surface area contributed by atoms with Crippen molar-refractivity contribution in [2.24, 2.45) is 0 Å². The summed E-state index contributed by atoms with van der Waals surface area (Å²) in [6.45, 7) is 5.74. The lowest BCUT2D eigenvalue weighted by atomic mass is 10.1. The van der Waals surface area contributed by atoms with Crippen molar-refractivity contribution in [2.45, 2.75) is 45.4 Å². The van der Waals surface area contributed by atoms with Crippen molar-refractivity contribution in [1.29, 1.82) is 0 Å². The first-order valence-corrected chi connectivity index (χ1v) is 8.00. The molecule has 7 nitrogen and oxygen atoms in total. The predicted octanol–water partition coefficient (Wildman–Crippen LogP) is 2.45. The molecule has 0 bridgehead atoms. The van der Waals surface area contributed by atoms with Crippen LogP contribution in [0.4, 0.5) is 4.79 Å². The van der Waals surface area contributed by atoms with Crippen molar-refractivity contribution in [1.82, 2.24) is 14.9 Å². The average Bonchev–Trinajstić information content (AvgIpc) is 2.92. The molecule has 1 aromatic carbocycles. The largest absolute Gasteiger partial charge is 0.480 e. The molecule has 0 aliphatic heterocycles. The molecule has 0 fully saturated rings. The SMILES string of the molecule is CC(C)(C)OC(=O)N[C@@H](Cc1cncn1Cc1ccccc1)C(=O)O. The summed E-state index contributed by atoms with van der Waals surface area (Å²) in [6, 6.07) is 8.69. The number of carboxylic acid groups (broad SMARTS) is 1. The van der Waals surface area contributed by atoms with Gasteiger partial charge in [0, 0.05) is 24.9 Å². The van der Waals surface area contributed by atoms with Crippen LogP contribution in [0, 0.1) is 0 Å². The molecule has 0 radical (unpaired) electrons. The molecule has 134 valence electrons. The number of carbonyl (C=O) groups excluding carboxylic acids is 1. The predicted molar refractivity (Wildman–Crippen MR) is 92.3 cm³/mol. The van der Waals surface area contributed by atoms with Crippen molar-refractivity contribution < 1.29 is 19.4 Å². The van der Waals surface area contributed by atoms with E-state index in [1.165, 1.54) is 0 Å². The minimum atomic E-state index is -1.13. The number of nitrogens with zero attached hydrogens (tertiary/aromatic N) is 2. The molecular weight excluding hydrogens is 322 g/mol. The van der Waals surface area contributed by atoms with Gasteiger partial charge in [-0.25, -0.2) is 14.6 Å². The molecular formula is C18H23N3O4. The number of aromatic nitrogens is 2. The lowest BCUT2D eigenvalue weighted by molar-refractivity contribution is -0.139. The number of hydrogen-bond donors (Lipinski definition) is 2. The molecule has 2 aromatic rings. The Kier molecular flexibility index (Phi) is 5.80. The maximum Gasteiger partial charge on any atom is 0.408 e. The van der Waals surface area contributed by atoms with Gasteiger partial charge in [0.1, 0.15) is 11.6 Å². The summed E-state index contributed by atoms with van der Waals surface area (Å²) in [6.07, 6.45) is 2.61. The lowest BCUT2D eigenvalue weighted by Gasteiger charge is -2.22. The van der Waals surface area contributed by atoms with E-state index in [-0.39, 0.29) is 6.42 Å². The quantitative estimate of drug-likeness (QED) is 0.839. The van der Waals surface area contributed by atoms with E-state index in [4.69, 9.17) is 4.74 Å². The first-order chi connectivity index (χ1) is 11.7. The molecule has 0 unspecified atom stereocenters. The van der Waals surface area contributed by atoms with Crippen LogP contribution >= 0.6 is 0 Å². The molecule has 0 aliphatic rings. The Labute approximate surface area is 146 Å². The van der Waals surface area contributed by atoms with E-state index in [0.29, 0.717) is 12.2 Å². The van der Waals surface area contributed by atoms with Crippen molar-refractivity contribution in [3.8, 4) is 0 Å². The number of ether oxygens (including phenoxy) is 1. The second kappa shape index (κ2) is 7.83. The monoisotopic (exact) mass is 345 g/mol. The zero-order valence-corrected chi connectivity index (χ0v) is 14.6. The average molecular weight is 345 g/mol. The van der Waals surface area contributed by atoms with Crippen LogP contribution < -0.4 is 5.32 Å². The molecule has 1 amide bonds. The van der Waals surface area contributed by atoms with Crippen molar-refractivity contribution in [3.63, 3.8) is 0 Å². The summed E-state index contributed by atoms with van der Waals surface area (Å²) in [5, 5.41) is 11.8. The van der Waals surface area contributed by atoms with Gasteiger partial charge in [-0.3, -0.25) is 0 Å². The van der Waals surface area contributed by atoms with Crippen LogP contribution in [-0.2, 0) is 22.5 Å². The number of amides is 1. The summed E-state index contributed by atoms with van der Waals surface area (Å²) in [4.78, 5) is 27.5. The van der Waals surface area contributed by atoms with Crippen molar-refractivity contribution in [3.05, 3.63) is 54.1 Å². The highest BCUT2D eigenvalue weighted by atomic mass is 16.6. The number of carboxylic acids is 1. The lowest BCUT2D eigenvalue weighted by Crippen LogP contribution is -2.45. The number of rotatable bonds is 6. The van der Waals surface area contributed by atoms with Gasteiger partial charge in [-0.15, -0.1) is 0 Å².